The minimum atomic E-state index is 0.212. The zero-order valence-electron chi connectivity index (χ0n) is 14.6. The van der Waals surface area contributed by atoms with Crippen LogP contribution in [0.4, 0.5) is 0 Å². The van der Waals surface area contributed by atoms with Gasteiger partial charge in [0.1, 0.15) is 0 Å². The van der Waals surface area contributed by atoms with Gasteiger partial charge in [-0.3, -0.25) is 4.79 Å². The number of carbonyl (C=O) groups excluding carboxylic acids is 1. The van der Waals surface area contributed by atoms with E-state index in [1.54, 1.807) is 0 Å². The Morgan fingerprint density at radius 2 is 2.00 bits per heavy atom. The molecule has 0 radical (unpaired) electrons. The van der Waals surface area contributed by atoms with Crippen LogP contribution in [0.2, 0.25) is 0 Å². The van der Waals surface area contributed by atoms with Gasteiger partial charge in [0.15, 0.2) is 5.78 Å². The van der Waals surface area contributed by atoms with Crippen molar-refractivity contribution in [2.24, 2.45) is 34.5 Å². The van der Waals surface area contributed by atoms with Gasteiger partial charge in [-0.2, -0.15) is 0 Å². The molecule has 6 atom stereocenters. The summed E-state index contributed by atoms with van der Waals surface area (Å²) in [5.41, 5.74) is 1.92. The molecule has 4 unspecified atom stereocenters. The van der Waals surface area contributed by atoms with Crippen molar-refractivity contribution in [3.8, 4) is 0 Å². The quantitative estimate of drug-likeness (QED) is 0.825. The molecule has 2 fully saturated rings. The number of aliphatic hydroxyl groups excluding tert-OH is 1. The van der Waals surface area contributed by atoms with Gasteiger partial charge in [0.2, 0.25) is 0 Å². The fourth-order valence-corrected chi connectivity index (χ4v) is 6.74. The minimum absolute atomic E-state index is 0.212. The van der Waals surface area contributed by atoms with Crippen molar-refractivity contribution in [1.82, 2.24) is 0 Å². The van der Waals surface area contributed by atoms with Crippen LogP contribution in [0.3, 0.4) is 0 Å². The van der Waals surface area contributed by atoms with Crippen LogP contribution in [0, 0.1) is 34.5 Å². The Balaban J connectivity index is 1.68. The Morgan fingerprint density at radius 1 is 1.17 bits per heavy atom. The van der Waals surface area contributed by atoms with Gasteiger partial charge in [-0.1, -0.05) is 26.0 Å². The summed E-state index contributed by atoms with van der Waals surface area (Å²) < 4.78 is 0. The maximum atomic E-state index is 11.8. The smallest absolute Gasteiger partial charge is 0.156 e. The molecule has 1 N–H and O–H groups in total. The Morgan fingerprint density at radius 3 is 2.78 bits per heavy atom. The molecule has 0 aliphatic heterocycles. The van der Waals surface area contributed by atoms with E-state index in [9.17, 15) is 9.90 Å². The molecular formula is C21H30O2. The number of fused-ring (bicyclic) bond motifs is 5. The Bertz CT molecular complexity index is 574. The summed E-state index contributed by atoms with van der Waals surface area (Å²) in [6, 6.07) is 0. The summed E-state index contributed by atoms with van der Waals surface area (Å²) in [7, 11) is 0. The van der Waals surface area contributed by atoms with E-state index >= 15 is 0 Å². The molecule has 0 heterocycles. The van der Waals surface area contributed by atoms with Crippen LogP contribution in [-0.2, 0) is 4.79 Å². The average Bonchev–Trinajstić information content (AvgIpc) is 2.85. The van der Waals surface area contributed by atoms with Gasteiger partial charge in [-0.25, -0.2) is 0 Å². The number of allylic oxidation sites excluding steroid dienone is 4. The third-order valence-corrected chi connectivity index (χ3v) is 8.19. The molecule has 0 amide bonds. The van der Waals surface area contributed by atoms with E-state index < -0.39 is 0 Å². The lowest BCUT2D eigenvalue weighted by atomic mass is 9.48. The van der Waals surface area contributed by atoms with Gasteiger partial charge in [-0.15, -0.1) is 0 Å². The lowest BCUT2D eigenvalue weighted by Crippen LogP contribution is -2.48. The van der Waals surface area contributed by atoms with Gasteiger partial charge < -0.3 is 5.11 Å². The molecule has 0 bridgehead atoms. The summed E-state index contributed by atoms with van der Waals surface area (Å²) in [6.45, 7) is 5.24. The second-order valence-corrected chi connectivity index (χ2v) is 8.96. The predicted molar refractivity (Wildman–Crippen MR) is 91.8 cm³/mol. The third kappa shape index (κ3) is 2.13. The standard InChI is InChI=1S/C21H30O2/c1-20-11-8-19-17(18(20)6-4-14(20)9-12-22)5-3-15-13-16(23)7-10-21(15,19)2/h3,5,13-14,17-19,22H,4,6-12H2,1-2H3/t14?,17?,18?,19?,20-,21+/m1/s1. The van der Waals surface area contributed by atoms with Crippen LogP contribution >= 0.6 is 0 Å². The largest absolute Gasteiger partial charge is 0.396 e. The molecule has 2 nitrogen and oxygen atoms in total. The first-order chi connectivity index (χ1) is 11.0. The van der Waals surface area contributed by atoms with Crippen molar-refractivity contribution in [2.45, 2.75) is 58.8 Å². The average molecular weight is 314 g/mol. The topological polar surface area (TPSA) is 37.3 Å². The van der Waals surface area contributed by atoms with Crippen LogP contribution in [0.5, 0.6) is 0 Å². The van der Waals surface area contributed by atoms with Gasteiger partial charge in [0, 0.05) is 13.0 Å². The zero-order valence-corrected chi connectivity index (χ0v) is 14.6. The summed E-state index contributed by atoms with van der Waals surface area (Å²) in [6.07, 6.45) is 14.6. The van der Waals surface area contributed by atoms with Crippen LogP contribution in [0.1, 0.15) is 58.8 Å². The molecule has 4 aliphatic rings. The molecule has 23 heavy (non-hydrogen) atoms. The highest BCUT2D eigenvalue weighted by Gasteiger charge is 2.57. The van der Waals surface area contributed by atoms with Crippen LogP contribution in [0.15, 0.2) is 23.8 Å². The molecular weight excluding hydrogens is 284 g/mol. The monoisotopic (exact) mass is 314 g/mol. The molecule has 0 aromatic rings. The number of carbonyl (C=O) groups is 1. The van der Waals surface area contributed by atoms with E-state index in [-0.39, 0.29) is 5.41 Å². The summed E-state index contributed by atoms with van der Waals surface area (Å²) in [4.78, 5) is 11.8. The highest BCUT2D eigenvalue weighted by molar-refractivity contribution is 5.92. The second-order valence-electron chi connectivity index (χ2n) is 8.96. The molecule has 0 aromatic carbocycles. The van der Waals surface area contributed by atoms with Gasteiger partial charge in [0.05, 0.1) is 0 Å². The van der Waals surface area contributed by atoms with Crippen molar-refractivity contribution in [1.29, 1.82) is 0 Å². The number of hydrogen-bond acceptors (Lipinski definition) is 2. The van der Waals surface area contributed by atoms with Crippen molar-refractivity contribution < 1.29 is 9.90 Å². The Hall–Kier alpha value is -0.890. The SMILES string of the molecule is C[C@]12CCC3C(C=CC4=CC(=O)CC[C@@]43C)C1CCC2CCO. The number of hydrogen-bond donors (Lipinski definition) is 1. The lowest BCUT2D eigenvalue weighted by molar-refractivity contribution is -0.116. The molecule has 2 saturated carbocycles. The summed E-state index contributed by atoms with van der Waals surface area (Å²) >= 11 is 0. The van der Waals surface area contributed by atoms with E-state index in [1.807, 2.05) is 6.08 Å². The number of aliphatic hydroxyl groups is 1. The molecule has 0 saturated heterocycles. The van der Waals surface area contributed by atoms with E-state index in [2.05, 4.69) is 26.0 Å². The summed E-state index contributed by atoms with van der Waals surface area (Å²) in [5.74, 6) is 3.16. The lowest BCUT2D eigenvalue weighted by Gasteiger charge is -2.56. The van der Waals surface area contributed by atoms with E-state index in [0.29, 0.717) is 35.6 Å². The minimum Gasteiger partial charge on any atom is -0.396 e. The van der Waals surface area contributed by atoms with Crippen molar-refractivity contribution in [2.75, 3.05) is 6.61 Å². The highest BCUT2D eigenvalue weighted by Crippen LogP contribution is 2.65. The highest BCUT2D eigenvalue weighted by atomic mass is 16.3. The van der Waals surface area contributed by atoms with Crippen molar-refractivity contribution >= 4 is 5.78 Å². The molecule has 4 aliphatic carbocycles. The Labute approximate surface area is 140 Å². The number of ketones is 1. The van der Waals surface area contributed by atoms with Gasteiger partial charge >= 0.3 is 0 Å². The zero-order chi connectivity index (χ0) is 16.2. The van der Waals surface area contributed by atoms with Crippen LogP contribution in [-0.4, -0.2) is 17.5 Å². The predicted octanol–water partition coefficient (Wildman–Crippen LogP) is 4.29. The first-order valence-corrected chi connectivity index (χ1v) is 9.53. The number of rotatable bonds is 2. The van der Waals surface area contributed by atoms with E-state index in [0.717, 1.165) is 25.2 Å². The third-order valence-electron chi connectivity index (χ3n) is 8.19. The molecule has 4 rings (SSSR count). The maximum Gasteiger partial charge on any atom is 0.156 e. The van der Waals surface area contributed by atoms with Crippen LogP contribution < -0.4 is 0 Å². The molecule has 0 spiro atoms. The van der Waals surface area contributed by atoms with Crippen molar-refractivity contribution in [3.63, 3.8) is 0 Å². The van der Waals surface area contributed by atoms with Crippen LogP contribution in [0.25, 0.3) is 0 Å². The first-order valence-electron chi connectivity index (χ1n) is 9.53. The van der Waals surface area contributed by atoms with E-state index in [1.165, 1.54) is 31.3 Å². The van der Waals surface area contributed by atoms with E-state index in [4.69, 9.17) is 0 Å². The van der Waals surface area contributed by atoms with Gasteiger partial charge in [0.25, 0.3) is 0 Å². The normalized spacial score (nSPS) is 48.5. The molecule has 2 heteroatoms. The fraction of sp³-hybridized carbons (Fsp3) is 0.762. The summed E-state index contributed by atoms with van der Waals surface area (Å²) in [5, 5.41) is 9.43. The molecule has 0 aromatic heterocycles. The second kappa shape index (κ2) is 5.31. The molecule has 126 valence electrons. The fourth-order valence-electron chi connectivity index (χ4n) is 6.74. The maximum absolute atomic E-state index is 11.8. The van der Waals surface area contributed by atoms with Crippen molar-refractivity contribution in [3.05, 3.63) is 23.8 Å². The first kappa shape index (κ1) is 15.6. The Kier molecular flexibility index (Phi) is 3.61. The van der Waals surface area contributed by atoms with Gasteiger partial charge in [-0.05, 0) is 84.7 Å².